The molecule has 3 N–H and O–H groups in total. The summed E-state index contributed by atoms with van der Waals surface area (Å²) in [5, 5.41) is 0. The van der Waals surface area contributed by atoms with E-state index >= 15 is 0 Å². The van der Waals surface area contributed by atoms with Crippen molar-refractivity contribution in [2.24, 2.45) is 5.73 Å². The average Bonchev–Trinajstić information content (AvgIpc) is 3.18. The first kappa shape index (κ1) is 54.2. The molecule has 328 valence electrons. The number of esters is 2. The fraction of sp³-hybridized carbons (Fsp3) is 0.826. The number of ether oxygens (including phenoxy) is 2. The van der Waals surface area contributed by atoms with Crippen molar-refractivity contribution in [1.29, 1.82) is 0 Å². The second-order valence-electron chi connectivity index (χ2n) is 15.3. The third-order valence-corrected chi connectivity index (χ3v) is 10.7. The lowest BCUT2D eigenvalue weighted by Crippen LogP contribution is -2.29. The molecule has 0 fully saturated rings. The number of allylic oxidation sites excluding steroid dienone is 6. The van der Waals surface area contributed by atoms with E-state index in [-0.39, 0.29) is 38.6 Å². The molecule has 0 saturated heterocycles. The summed E-state index contributed by atoms with van der Waals surface area (Å²) >= 11 is 0. The number of nitrogens with two attached hydrogens (primary N) is 1. The van der Waals surface area contributed by atoms with E-state index in [1.54, 1.807) is 0 Å². The van der Waals surface area contributed by atoms with Crippen molar-refractivity contribution in [1.82, 2.24) is 0 Å². The standard InChI is InChI=1S/C46H86NO8P/c1-3-5-7-9-11-13-15-17-19-20-21-22-23-24-25-27-28-30-32-34-36-38-45(48)52-42-44(43-54-56(50,51)53-41-40-47)55-46(49)39-37-35-33-31-29-26-18-16-14-12-10-8-6-4-2/h10,12,16,18,20-21,44H,3-9,11,13-15,17,19,22-43,47H2,1-2H3,(H,50,51)/b12-10-,18-16-,21-20-. The lowest BCUT2D eigenvalue weighted by Gasteiger charge is -2.19. The fourth-order valence-electron chi connectivity index (χ4n) is 6.29. The molecule has 10 heteroatoms. The van der Waals surface area contributed by atoms with Gasteiger partial charge in [0.05, 0.1) is 13.2 Å². The molecular formula is C46H86NO8P. The minimum Gasteiger partial charge on any atom is -0.462 e. The normalized spacial score (nSPS) is 13.6. The molecule has 0 amide bonds. The Hall–Kier alpha value is -1.77. The molecule has 0 aliphatic carbocycles. The zero-order chi connectivity index (χ0) is 41.1. The van der Waals surface area contributed by atoms with Crippen LogP contribution in [0.4, 0.5) is 0 Å². The van der Waals surface area contributed by atoms with Crippen LogP contribution in [0.1, 0.15) is 213 Å². The Bertz CT molecular complexity index is 1020. The molecule has 0 radical (unpaired) electrons. The molecule has 2 atom stereocenters. The molecule has 0 aromatic rings. The van der Waals surface area contributed by atoms with E-state index in [0.717, 1.165) is 64.2 Å². The maximum atomic E-state index is 12.6. The van der Waals surface area contributed by atoms with Crippen molar-refractivity contribution in [3.8, 4) is 0 Å². The third kappa shape index (κ3) is 41.9. The largest absolute Gasteiger partial charge is 0.472 e. The van der Waals surface area contributed by atoms with E-state index in [1.807, 2.05) is 0 Å². The number of unbranched alkanes of at least 4 members (excludes halogenated alkanes) is 24. The predicted octanol–water partition coefficient (Wildman–Crippen LogP) is 13.3. The zero-order valence-electron chi connectivity index (χ0n) is 36.1. The molecule has 0 aliphatic rings. The van der Waals surface area contributed by atoms with E-state index in [1.165, 1.54) is 116 Å². The molecule has 0 rings (SSSR count). The molecule has 0 heterocycles. The molecule has 9 nitrogen and oxygen atoms in total. The van der Waals surface area contributed by atoms with Crippen molar-refractivity contribution >= 4 is 19.8 Å². The molecule has 0 aromatic heterocycles. The highest BCUT2D eigenvalue weighted by Gasteiger charge is 2.26. The number of carbonyl (C=O) groups excluding carboxylic acids is 2. The van der Waals surface area contributed by atoms with Crippen LogP contribution >= 0.6 is 7.82 Å². The van der Waals surface area contributed by atoms with Gasteiger partial charge in [0.25, 0.3) is 0 Å². The summed E-state index contributed by atoms with van der Waals surface area (Å²) in [5.41, 5.74) is 5.35. The van der Waals surface area contributed by atoms with Gasteiger partial charge in [-0.15, -0.1) is 0 Å². The lowest BCUT2D eigenvalue weighted by molar-refractivity contribution is -0.161. The second kappa shape index (κ2) is 42.8. The van der Waals surface area contributed by atoms with Gasteiger partial charge in [0, 0.05) is 19.4 Å². The van der Waals surface area contributed by atoms with Crippen LogP contribution in [0.15, 0.2) is 36.5 Å². The number of carbonyl (C=O) groups is 2. The van der Waals surface area contributed by atoms with Gasteiger partial charge in [-0.2, -0.15) is 0 Å². The summed E-state index contributed by atoms with van der Waals surface area (Å²) in [7, 11) is -4.38. The molecule has 56 heavy (non-hydrogen) atoms. The number of hydrogen-bond donors (Lipinski definition) is 2. The van der Waals surface area contributed by atoms with Gasteiger partial charge in [-0.1, -0.05) is 172 Å². The maximum absolute atomic E-state index is 12.6. The summed E-state index contributed by atoms with van der Waals surface area (Å²) in [4.78, 5) is 34.9. The minimum absolute atomic E-state index is 0.0506. The summed E-state index contributed by atoms with van der Waals surface area (Å²) < 4.78 is 32.8. The van der Waals surface area contributed by atoms with Crippen molar-refractivity contribution in [2.45, 2.75) is 219 Å². The van der Waals surface area contributed by atoms with Crippen molar-refractivity contribution in [3.05, 3.63) is 36.5 Å². The van der Waals surface area contributed by atoms with Crippen molar-refractivity contribution < 1.29 is 37.6 Å². The number of hydrogen-bond acceptors (Lipinski definition) is 8. The Morgan fingerprint density at radius 2 is 0.946 bits per heavy atom. The molecule has 0 saturated carbocycles. The molecular weight excluding hydrogens is 725 g/mol. The van der Waals surface area contributed by atoms with Crippen LogP contribution in [0, 0.1) is 0 Å². The Labute approximate surface area is 344 Å². The molecule has 0 bridgehead atoms. The first-order valence-corrected chi connectivity index (χ1v) is 24.5. The first-order valence-electron chi connectivity index (χ1n) is 23.0. The SMILES string of the molecule is CCCC/C=C\C/C=C\CCCCCCCC(=O)OC(COC(=O)CCCCCCCCCCC/C=C\CCCCCCCCCC)COP(=O)(O)OCCN. The average molecular weight is 812 g/mol. The highest BCUT2D eigenvalue weighted by molar-refractivity contribution is 7.47. The smallest absolute Gasteiger partial charge is 0.462 e. The third-order valence-electron chi connectivity index (χ3n) is 9.75. The monoisotopic (exact) mass is 812 g/mol. The van der Waals surface area contributed by atoms with E-state index in [2.05, 4.69) is 50.3 Å². The number of rotatable bonds is 43. The van der Waals surface area contributed by atoms with Gasteiger partial charge in [0.15, 0.2) is 6.10 Å². The summed E-state index contributed by atoms with van der Waals surface area (Å²) in [6.45, 7) is 3.69. The highest BCUT2D eigenvalue weighted by atomic mass is 31.2. The van der Waals surface area contributed by atoms with Crippen LogP contribution < -0.4 is 5.73 Å². The molecule has 2 unspecified atom stereocenters. The lowest BCUT2D eigenvalue weighted by atomic mass is 10.1. The van der Waals surface area contributed by atoms with Gasteiger partial charge in [0.1, 0.15) is 6.61 Å². The Morgan fingerprint density at radius 1 is 0.536 bits per heavy atom. The van der Waals surface area contributed by atoms with Crippen LogP contribution in [-0.2, 0) is 32.7 Å². The first-order chi connectivity index (χ1) is 27.3. The van der Waals surface area contributed by atoms with Gasteiger partial charge >= 0.3 is 19.8 Å². The van der Waals surface area contributed by atoms with Crippen LogP contribution in [0.3, 0.4) is 0 Å². The number of phosphoric acid groups is 1. The highest BCUT2D eigenvalue weighted by Crippen LogP contribution is 2.43. The quantitative estimate of drug-likeness (QED) is 0.0267. The van der Waals surface area contributed by atoms with E-state index < -0.39 is 26.5 Å². The summed E-state index contributed by atoms with van der Waals surface area (Å²) in [6.07, 6.45) is 47.5. The maximum Gasteiger partial charge on any atom is 0.472 e. The van der Waals surface area contributed by atoms with Gasteiger partial charge in [-0.3, -0.25) is 18.6 Å². The van der Waals surface area contributed by atoms with Crippen LogP contribution in [-0.4, -0.2) is 49.3 Å². The summed E-state index contributed by atoms with van der Waals surface area (Å²) in [6, 6.07) is 0. The predicted molar refractivity (Wildman–Crippen MR) is 234 cm³/mol. The zero-order valence-corrected chi connectivity index (χ0v) is 37.0. The van der Waals surface area contributed by atoms with Gasteiger partial charge < -0.3 is 20.1 Å². The number of phosphoric ester groups is 1. The van der Waals surface area contributed by atoms with E-state index in [4.69, 9.17) is 24.3 Å². The van der Waals surface area contributed by atoms with E-state index in [9.17, 15) is 19.0 Å². The van der Waals surface area contributed by atoms with Crippen molar-refractivity contribution in [3.63, 3.8) is 0 Å². The van der Waals surface area contributed by atoms with Crippen LogP contribution in [0.2, 0.25) is 0 Å². The Balaban J connectivity index is 4.09. The fourth-order valence-corrected chi connectivity index (χ4v) is 7.06. The van der Waals surface area contributed by atoms with Gasteiger partial charge in [-0.05, 0) is 64.2 Å². The van der Waals surface area contributed by atoms with Crippen molar-refractivity contribution in [2.75, 3.05) is 26.4 Å². The molecule has 0 aliphatic heterocycles. The topological polar surface area (TPSA) is 134 Å². The van der Waals surface area contributed by atoms with Gasteiger partial charge in [-0.25, -0.2) is 4.57 Å². The van der Waals surface area contributed by atoms with Crippen LogP contribution in [0.5, 0.6) is 0 Å². The molecule has 0 aromatic carbocycles. The summed E-state index contributed by atoms with van der Waals surface area (Å²) in [5.74, 6) is -0.843. The minimum atomic E-state index is -4.38. The Kier molecular flexibility index (Phi) is 41.5. The Morgan fingerprint density at radius 3 is 1.43 bits per heavy atom. The van der Waals surface area contributed by atoms with E-state index in [0.29, 0.717) is 6.42 Å². The van der Waals surface area contributed by atoms with Gasteiger partial charge in [0.2, 0.25) is 0 Å². The van der Waals surface area contributed by atoms with Crippen LogP contribution in [0.25, 0.3) is 0 Å². The molecule has 0 spiro atoms. The second-order valence-corrected chi connectivity index (χ2v) is 16.7.